The number of fused-ring (bicyclic) bond motifs is 1. The Balaban J connectivity index is 1.50. The van der Waals surface area contributed by atoms with Crippen molar-refractivity contribution in [2.24, 2.45) is 7.05 Å². The highest BCUT2D eigenvalue weighted by atomic mass is 35.5. The Kier molecular flexibility index (Phi) is 5.46. The number of hydrogen-bond acceptors (Lipinski definition) is 3. The molecule has 0 radical (unpaired) electrons. The summed E-state index contributed by atoms with van der Waals surface area (Å²) < 4.78 is 7.35. The van der Waals surface area contributed by atoms with E-state index in [-0.39, 0.29) is 5.91 Å². The lowest BCUT2D eigenvalue weighted by Crippen LogP contribution is -2.27. The molecule has 0 atom stereocenters. The topological polar surface area (TPSA) is 56.2 Å². The number of aromatic nitrogens is 2. The number of para-hydroxylation sites is 1. The van der Waals surface area contributed by atoms with Crippen molar-refractivity contribution in [1.82, 2.24) is 14.9 Å². The summed E-state index contributed by atoms with van der Waals surface area (Å²) in [6.45, 7) is 0.960. The summed E-state index contributed by atoms with van der Waals surface area (Å²) in [5.74, 6) is 0.522. The molecule has 3 aromatic rings. The maximum atomic E-state index is 12.1. The molecule has 0 saturated carbocycles. The van der Waals surface area contributed by atoms with Crippen molar-refractivity contribution in [2.75, 3.05) is 13.2 Å². The Morgan fingerprint density at radius 3 is 2.84 bits per heavy atom. The number of rotatable bonds is 6. The Morgan fingerprint density at radius 2 is 2.08 bits per heavy atom. The van der Waals surface area contributed by atoms with Gasteiger partial charge >= 0.3 is 0 Å². The largest absolute Gasteiger partial charge is 0.491 e. The summed E-state index contributed by atoms with van der Waals surface area (Å²) in [7, 11) is 1.69. The minimum Gasteiger partial charge on any atom is -0.491 e. The van der Waals surface area contributed by atoms with Crippen LogP contribution in [0.2, 0.25) is 10.2 Å². The summed E-state index contributed by atoms with van der Waals surface area (Å²) >= 11 is 11.9. The lowest BCUT2D eigenvalue weighted by Gasteiger charge is -2.09. The van der Waals surface area contributed by atoms with Crippen molar-refractivity contribution in [3.8, 4) is 5.75 Å². The molecule has 5 nitrogen and oxygen atoms in total. The SMILES string of the molecule is Cn1c(C(=O)NCCCOc2cccc3cccnc23)cc(Cl)c1Cl. The molecule has 1 aromatic carbocycles. The molecule has 130 valence electrons. The molecule has 1 N–H and O–H groups in total. The van der Waals surface area contributed by atoms with Crippen LogP contribution in [0.3, 0.4) is 0 Å². The summed E-state index contributed by atoms with van der Waals surface area (Å²) in [5, 5.41) is 4.57. The smallest absolute Gasteiger partial charge is 0.267 e. The number of carbonyl (C=O) groups is 1. The van der Waals surface area contributed by atoms with Crippen molar-refractivity contribution < 1.29 is 9.53 Å². The van der Waals surface area contributed by atoms with Gasteiger partial charge in [-0.3, -0.25) is 9.78 Å². The first-order valence-electron chi connectivity index (χ1n) is 7.83. The van der Waals surface area contributed by atoms with Gasteiger partial charge in [-0.2, -0.15) is 0 Å². The molecule has 0 bridgehead atoms. The maximum Gasteiger partial charge on any atom is 0.267 e. The Hall–Kier alpha value is -2.24. The van der Waals surface area contributed by atoms with Crippen LogP contribution in [0.1, 0.15) is 16.9 Å². The second-order valence-corrected chi connectivity index (χ2v) is 6.28. The standard InChI is InChI=1S/C18H17Cl2N3O2/c1-23-14(11-13(19)17(23)20)18(24)22-9-4-10-25-15-7-2-5-12-6-3-8-21-16(12)15/h2-3,5-8,11H,4,9-10H2,1H3,(H,22,24). The van der Waals surface area contributed by atoms with Gasteiger partial charge in [0.2, 0.25) is 0 Å². The number of halogens is 2. The zero-order valence-electron chi connectivity index (χ0n) is 13.6. The third kappa shape index (κ3) is 3.89. The van der Waals surface area contributed by atoms with Crippen LogP contribution in [0.15, 0.2) is 42.6 Å². The van der Waals surface area contributed by atoms with Crippen molar-refractivity contribution in [2.45, 2.75) is 6.42 Å². The van der Waals surface area contributed by atoms with Crippen LogP contribution in [-0.2, 0) is 7.05 Å². The second-order valence-electron chi connectivity index (χ2n) is 5.52. The van der Waals surface area contributed by atoms with E-state index < -0.39 is 0 Å². The van der Waals surface area contributed by atoms with Gasteiger partial charge < -0.3 is 14.6 Å². The molecule has 0 spiro atoms. The fourth-order valence-corrected chi connectivity index (χ4v) is 2.88. The molecule has 2 aromatic heterocycles. The first-order chi connectivity index (χ1) is 12.1. The van der Waals surface area contributed by atoms with E-state index in [1.807, 2.05) is 30.3 Å². The van der Waals surface area contributed by atoms with Crippen LogP contribution in [0.25, 0.3) is 10.9 Å². The van der Waals surface area contributed by atoms with Gasteiger partial charge in [0.25, 0.3) is 5.91 Å². The lowest BCUT2D eigenvalue weighted by atomic mass is 10.2. The summed E-state index contributed by atoms with van der Waals surface area (Å²) in [6, 6.07) is 11.3. The quantitative estimate of drug-likeness (QED) is 0.658. The van der Waals surface area contributed by atoms with Gasteiger partial charge in [0.05, 0.1) is 11.6 Å². The summed E-state index contributed by atoms with van der Waals surface area (Å²) in [6.07, 6.45) is 2.41. The molecule has 25 heavy (non-hydrogen) atoms. The number of nitrogens with one attached hydrogen (secondary N) is 1. The number of carbonyl (C=O) groups excluding carboxylic acids is 1. The fraction of sp³-hybridized carbons (Fsp3) is 0.222. The van der Waals surface area contributed by atoms with E-state index in [0.717, 1.165) is 16.7 Å². The van der Waals surface area contributed by atoms with E-state index >= 15 is 0 Å². The number of benzene rings is 1. The van der Waals surface area contributed by atoms with Crippen LogP contribution in [0.4, 0.5) is 0 Å². The molecule has 7 heteroatoms. The maximum absolute atomic E-state index is 12.1. The molecule has 0 aliphatic rings. The number of amides is 1. The van der Waals surface area contributed by atoms with E-state index in [1.54, 1.807) is 23.9 Å². The normalized spacial score (nSPS) is 10.8. The number of ether oxygens (including phenoxy) is 1. The summed E-state index contributed by atoms with van der Waals surface area (Å²) in [4.78, 5) is 16.5. The van der Waals surface area contributed by atoms with Crippen LogP contribution >= 0.6 is 23.2 Å². The van der Waals surface area contributed by atoms with Crippen LogP contribution in [0.5, 0.6) is 5.75 Å². The minimum atomic E-state index is -0.219. The van der Waals surface area contributed by atoms with E-state index in [9.17, 15) is 4.79 Å². The van der Waals surface area contributed by atoms with Crippen LogP contribution in [-0.4, -0.2) is 28.6 Å². The number of nitrogens with zero attached hydrogens (tertiary/aromatic N) is 2. The fourth-order valence-electron chi connectivity index (χ4n) is 2.50. The third-order valence-corrected chi connectivity index (χ3v) is 4.65. The molecule has 0 unspecified atom stereocenters. The van der Waals surface area contributed by atoms with E-state index in [0.29, 0.717) is 35.4 Å². The van der Waals surface area contributed by atoms with E-state index in [4.69, 9.17) is 27.9 Å². The van der Waals surface area contributed by atoms with Gasteiger partial charge in [0.1, 0.15) is 22.1 Å². The minimum absolute atomic E-state index is 0.219. The highest BCUT2D eigenvalue weighted by Gasteiger charge is 2.15. The van der Waals surface area contributed by atoms with E-state index in [1.165, 1.54) is 0 Å². The number of pyridine rings is 1. The lowest BCUT2D eigenvalue weighted by molar-refractivity contribution is 0.0943. The monoisotopic (exact) mass is 377 g/mol. The zero-order chi connectivity index (χ0) is 17.8. The predicted octanol–water partition coefficient (Wildman–Crippen LogP) is 4.08. The predicted molar refractivity (Wildman–Crippen MR) is 99.6 cm³/mol. The van der Waals surface area contributed by atoms with Gasteiger partial charge in [-0.05, 0) is 24.6 Å². The van der Waals surface area contributed by atoms with Gasteiger partial charge in [0, 0.05) is 25.2 Å². The van der Waals surface area contributed by atoms with Crippen molar-refractivity contribution in [1.29, 1.82) is 0 Å². The van der Waals surface area contributed by atoms with Crippen LogP contribution in [0, 0.1) is 0 Å². The van der Waals surface area contributed by atoms with E-state index in [2.05, 4.69) is 10.3 Å². The van der Waals surface area contributed by atoms with Crippen molar-refractivity contribution in [3.63, 3.8) is 0 Å². The zero-order valence-corrected chi connectivity index (χ0v) is 15.1. The molecule has 2 heterocycles. The van der Waals surface area contributed by atoms with Crippen LogP contribution < -0.4 is 10.1 Å². The molecule has 0 saturated heterocycles. The average molecular weight is 378 g/mol. The highest BCUT2D eigenvalue weighted by Crippen LogP contribution is 2.25. The molecular weight excluding hydrogens is 361 g/mol. The molecular formula is C18H17Cl2N3O2. The summed E-state index contributed by atoms with van der Waals surface area (Å²) in [5.41, 5.74) is 1.26. The van der Waals surface area contributed by atoms with Crippen molar-refractivity contribution >= 4 is 40.0 Å². The Morgan fingerprint density at radius 1 is 1.28 bits per heavy atom. The third-order valence-electron chi connectivity index (χ3n) is 3.81. The first kappa shape index (κ1) is 17.6. The second kappa shape index (κ2) is 7.76. The van der Waals surface area contributed by atoms with Gasteiger partial charge in [-0.25, -0.2) is 0 Å². The molecule has 0 fully saturated rings. The van der Waals surface area contributed by atoms with Gasteiger partial charge in [-0.15, -0.1) is 0 Å². The molecule has 1 amide bonds. The molecule has 0 aliphatic carbocycles. The van der Waals surface area contributed by atoms with Crippen molar-refractivity contribution in [3.05, 3.63) is 58.5 Å². The molecule has 0 aliphatic heterocycles. The first-order valence-corrected chi connectivity index (χ1v) is 8.59. The number of hydrogen-bond donors (Lipinski definition) is 1. The Labute approximate surface area is 155 Å². The Bertz CT molecular complexity index is 903. The van der Waals surface area contributed by atoms with Gasteiger partial charge in [-0.1, -0.05) is 41.4 Å². The van der Waals surface area contributed by atoms with Gasteiger partial charge in [0.15, 0.2) is 0 Å². The average Bonchev–Trinajstić information content (AvgIpc) is 2.89. The highest BCUT2D eigenvalue weighted by molar-refractivity contribution is 6.41. The molecule has 3 rings (SSSR count).